The van der Waals surface area contributed by atoms with Gasteiger partial charge in [-0.25, -0.2) is 0 Å². The Morgan fingerprint density at radius 1 is 1.08 bits per heavy atom. The first-order valence-corrected chi connectivity index (χ1v) is 10.5. The van der Waals surface area contributed by atoms with E-state index in [1.807, 2.05) is 27.7 Å². The van der Waals surface area contributed by atoms with Crippen molar-refractivity contribution in [3.05, 3.63) is 5.89 Å². The second-order valence-corrected chi connectivity index (χ2v) is 8.90. The normalized spacial score (nSPS) is 12.8. The van der Waals surface area contributed by atoms with E-state index in [2.05, 4.69) is 29.4 Å². The molecule has 1 aromatic heterocycles. The van der Waals surface area contributed by atoms with E-state index in [0.717, 1.165) is 25.7 Å². The zero-order valence-corrected chi connectivity index (χ0v) is 17.7. The first-order valence-electron chi connectivity index (χ1n) is 9.63. The third-order valence-corrected chi connectivity index (χ3v) is 4.78. The average molecular weight is 384 g/mol. The molecule has 0 aliphatic rings. The third-order valence-electron chi connectivity index (χ3n) is 3.94. The van der Waals surface area contributed by atoms with Crippen LogP contribution >= 0.6 is 11.8 Å². The van der Waals surface area contributed by atoms with E-state index in [-0.39, 0.29) is 34.7 Å². The maximum absolute atomic E-state index is 12.8. The molecule has 6 nitrogen and oxygen atoms in total. The number of rotatable bonds is 12. The molecule has 0 fully saturated rings. The van der Waals surface area contributed by atoms with Gasteiger partial charge in [0.25, 0.3) is 11.1 Å². The molecule has 1 atom stereocenters. The number of ketones is 1. The van der Waals surface area contributed by atoms with Crippen molar-refractivity contribution in [1.29, 1.82) is 0 Å². The Labute approximate surface area is 161 Å². The van der Waals surface area contributed by atoms with Gasteiger partial charge in [0.05, 0.1) is 6.04 Å². The predicted octanol–water partition coefficient (Wildman–Crippen LogP) is 4.50. The first-order chi connectivity index (χ1) is 12.3. The predicted molar refractivity (Wildman–Crippen MR) is 104 cm³/mol. The van der Waals surface area contributed by atoms with Crippen LogP contribution in [0.15, 0.2) is 9.64 Å². The van der Waals surface area contributed by atoms with Crippen molar-refractivity contribution in [2.75, 3.05) is 0 Å². The summed E-state index contributed by atoms with van der Waals surface area (Å²) in [7, 11) is 0. The van der Waals surface area contributed by atoms with Crippen molar-refractivity contribution < 1.29 is 14.0 Å². The maximum atomic E-state index is 12.8. The van der Waals surface area contributed by atoms with Gasteiger partial charge in [0.15, 0.2) is 0 Å². The van der Waals surface area contributed by atoms with Crippen LogP contribution in [0.3, 0.4) is 0 Å². The summed E-state index contributed by atoms with van der Waals surface area (Å²) in [6.07, 6.45) is 4.10. The second-order valence-electron chi connectivity index (χ2n) is 7.37. The Morgan fingerprint density at radius 2 is 1.69 bits per heavy atom. The molecule has 1 heterocycles. The molecule has 1 aromatic rings. The van der Waals surface area contributed by atoms with Gasteiger partial charge in [0, 0.05) is 11.2 Å². The van der Waals surface area contributed by atoms with Gasteiger partial charge in [-0.15, -0.1) is 10.2 Å². The van der Waals surface area contributed by atoms with Crippen LogP contribution in [0.1, 0.15) is 84.3 Å². The molecule has 0 aromatic carbocycles. The van der Waals surface area contributed by atoms with Crippen LogP contribution < -0.4 is 5.32 Å². The van der Waals surface area contributed by atoms with E-state index < -0.39 is 6.04 Å². The zero-order valence-electron chi connectivity index (χ0n) is 16.9. The number of carbonyl (C=O) groups is 2. The fourth-order valence-corrected chi connectivity index (χ4v) is 3.42. The molecule has 0 spiro atoms. The Morgan fingerprint density at radius 3 is 2.19 bits per heavy atom. The van der Waals surface area contributed by atoms with Gasteiger partial charge in [0.2, 0.25) is 11.7 Å². The summed E-state index contributed by atoms with van der Waals surface area (Å²) in [6, 6.07) is -0.629. The lowest BCUT2D eigenvalue weighted by Gasteiger charge is -2.22. The van der Waals surface area contributed by atoms with Gasteiger partial charge >= 0.3 is 0 Å². The molecule has 1 unspecified atom stereocenters. The monoisotopic (exact) mass is 383 g/mol. The molecule has 0 radical (unpaired) electrons. The van der Waals surface area contributed by atoms with Gasteiger partial charge < -0.3 is 9.73 Å². The average Bonchev–Trinajstić information content (AvgIpc) is 3.00. The molecule has 1 rings (SSSR count). The van der Waals surface area contributed by atoms with Crippen LogP contribution in [-0.2, 0) is 4.79 Å². The summed E-state index contributed by atoms with van der Waals surface area (Å²) in [5.41, 5.74) is 0. The molecular weight excluding hydrogens is 350 g/mol. The Hall–Kier alpha value is -1.37. The topological polar surface area (TPSA) is 85.1 Å². The lowest BCUT2D eigenvalue weighted by atomic mass is 9.95. The number of thioether (sulfide) groups is 1. The molecule has 7 heteroatoms. The molecule has 0 aliphatic heterocycles. The third kappa shape index (κ3) is 7.48. The number of amides is 1. The van der Waals surface area contributed by atoms with Crippen molar-refractivity contribution >= 4 is 23.5 Å². The Kier molecular flexibility index (Phi) is 9.91. The highest BCUT2D eigenvalue weighted by atomic mass is 32.2. The number of hydrogen-bond acceptors (Lipinski definition) is 6. The molecule has 1 N–H and O–H groups in total. The van der Waals surface area contributed by atoms with Crippen LogP contribution in [0.4, 0.5) is 0 Å². The number of hydrogen-bond donors (Lipinski definition) is 1. The van der Waals surface area contributed by atoms with Gasteiger partial charge in [-0.2, -0.15) is 0 Å². The standard InChI is InChI=1S/C19H33N3O3S/c1-7-9-14(10-8-2)17(24)20-15(11-12(3)4)16(23)18-21-22-19(25-18)26-13(5)6/h12-15H,7-11H2,1-6H3,(H,20,24). The largest absolute Gasteiger partial charge is 0.408 e. The number of nitrogens with one attached hydrogen (secondary N) is 1. The van der Waals surface area contributed by atoms with Crippen LogP contribution in [0.25, 0.3) is 0 Å². The number of nitrogens with zero attached hydrogens (tertiary/aromatic N) is 2. The highest BCUT2D eigenvalue weighted by molar-refractivity contribution is 7.99. The molecule has 0 saturated carbocycles. The van der Waals surface area contributed by atoms with E-state index in [4.69, 9.17) is 4.42 Å². The smallest absolute Gasteiger partial charge is 0.286 e. The van der Waals surface area contributed by atoms with Crippen molar-refractivity contribution in [1.82, 2.24) is 15.5 Å². The Bertz CT molecular complexity index is 566. The Balaban J connectivity index is 2.89. The minimum atomic E-state index is -0.629. The highest BCUT2D eigenvalue weighted by Crippen LogP contribution is 2.22. The summed E-state index contributed by atoms with van der Waals surface area (Å²) in [5.74, 6) is -0.179. The summed E-state index contributed by atoms with van der Waals surface area (Å²) in [5, 5.41) is 11.4. The lowest BCUT2D eigenvalue weighted by Crippen LogP contribution is -2.44. The lowest BCUT2D eigenvalue weighted by molar-refractivity contribution is -0.126. The van der Waals surface area contributed by atoms with Gasteiger partial charge in [-0.1, -0.05) is 66.1 Å². The molecule has 26 heavy (non-hydrogen) atoms. The van der Waals surface area contributed by atoms with Crippen LogP contribution in [0, 0.1) is 11.8 Å². The number of carbonyl (C=O) groups excluding carboxylic acids is 2. The van der Waals surface area contributed by atoms with E-state index in [1.165, 1.54) is 11.8 Å². The molecule has 1 amide bonds. The van der Waals surface area contributed by atoms with Crippen molar-refractivity contribution in [2.24, 2.45) is 11.8 Å². The van der Waals surface area contributed by atoms with Crippen LogP contribution in [0.2, 0.25) is 0 Å². The first kappa shape index (κ1) is 22.7. The quantitative estimate of drug-likeness (QED) is 0.422. The summed E-state index contributed by atoms with van der Waals surface area (Å²) in [6.45, 7) is 12.2. The molecule has 0 bridgehead atoms. The number of aromatic nitrogens is 2. The minimum absolute atomic E-state index is 0.0263. The number of Topliss-reactive ketones (excluding diaryl/α,β-unsaturated/α-hetero) is 1. The van der Waals surface area contributed by atoms with Crippen molar-refractivity contribution in [2.45, 2.75) is 90.2 Å². The van der Waals surface area contributed by atoms with E-state index in [9.17, 15) is 9.59 Å². The van der Waals surface area contributed by atoms with E-state index in [1.54, 1.807) is 0 Å². The maximum Gasteiger partial charge on any atom is 0.286 e. The molecular formula is C19H33N3O3S. The second kappa shape index (κ2) is 11.4. The molecule has 148 valence electrons. The van der Waals surface area contributed by atoms with Gasteiger partial charge in [-0.3, -0.25) is 9.59 Å². The van der Waals surface area contributed by atoms with Crippen LogP contribution in [0.5, 0.6) is 0 Å². The summed E-state index contributed by atoms with van der Waals surface area (Å²) in [4.78, 5) is 25.5. The van der Waals surface area contributed by atoms with Crippen molar-refractivity contribution in [3.8, 4) is 0 Å². The molecule has 0 saturated heterocycles. The van der Waals surface area contributed by atoms with Crippen molar-refractivity contribution in [3.63, 3.8) is 0 Å². The fourth-order valence-electron chi connectivity index (χ4n) is 2.80. The van der Waals surface area contributed by atoms with E-state index >= 15 is 0 Å². The summed E-state index contributed by atoms with van der Waals surface area (Å²) < 4.78 is 5.50. The van der Waals surface area contributed by atoms with Gasteiger partial charge in [0.1, 0.15) is 0 Å². The fraction of sp³-hybridized carbons (Fsp3) is 0.789. The SMILES string of the molecule is CCCC(CCC)C(=O)NC(CC(C)C)C(=O)c1nnc(SC(C)C)o1. The van der Waals surface area contributed by atoms with E-state index in [0.29, 0.717) is 11.6 Å². The van der Waals surface area contributed by atoms with Crippen LogP contribution in [-0.4, -0.2) is 33.2 Å². The minimum Gasteiger partial charge on any atom is -0.408 e. The molecule has 0 aliphatic carbocycles. The summed E-state index contributed by atoms with van der Waals surface area (Å²) >= 11 is 1.41. The zero-order chi connectivity index (χ0) is 19.7. The van der Waals surface area contributed by atoms with Gasteiger partial charge in [-0.05, 0) is 25.2 Å². The highest BCUT2D eigenvalue weighted by Gasteiger charge is 2.29.